The van der Waals surface area contributed by atoms with Gasteiger partial charge in [0.15, 0.2) is 11.5 Å². The Labute approximate surface area is 223 Å². The van der Waals surface area contributed by atoms with E-state index in [0.29, 0.717) is 35.8 Å². The summed E-state index contributed by atoms with van der Waals surface area (Å²) in [5.41, 5.74) is 2.19. The van der Waals surface area contributed by atoms with Crippen LogP contribution in [0.3, 0.4) is 0 Å². The fourth-order valence-corrected chi connectivity index (χ4v) is 4.99. The van der Waals surface area contributed by atoms with Crippen LogP contribution in [0.15, 0.2) is 69.9 Å². The molecule has 0 fully saturated rings. The molecule has 200 valence electrons. The van der Waals surface area contributed by atoms with E-state index in [1.807, 2.05) is 25.1 Å². The predicted molar refractivity (Wildman–Crippen MR) is 143 cm³/mol. The molecular formula is C29H26N2O8. The third-order valence-electron chi connectivity index (χ3n) is 6.93. The molecule has 1 unspecified atom stereocenters. The van der Waals surface area contributed by atoms with Gasteiger partial charge in [0.25, 0.3) is 11.6 Å². The highest BCUT2D eigenvalue weighted by atomic mass is 16.6. The highest BCUT2D eigenvalue weighted by Gasteiger charge is 2.35. The van der Waals surface area contributed by atoms with Gasteiger partial charge in [-0.25, -0.2) is 4.79 Å². The van der Waals surface area contributed by atoms with E-state index in [0.717, 1.165) is 22.1 Å². The minimum absolute atomic E-state index is 0.000572. The number of carbonyl (C=O) groups excluding carboxylic acids is 1. The summed E-state index contributed by atoms with van der Waals surface area (Å²) in [6.07, 6.45) is 0.513. The second-order valence-electron chi connectivity index (χ2n) is 9.16. The van der Waals surface area contributed by atoms with Crippen molar-refractivity contribution in [2.24, 2.45) is 0 Å². The van der Waals surface area contributed by atoms with Crippen molar-refractivity contribution in [2.45, 2.75) is 19.4 Å². The van der Waals surface area contributed by atoms with Gasteiger partial charge in [-0.15, -0.1) is 0 Å². The normalized spacial score (nSPS) is 14.5. The number of nitro groups is 1. The van der Waals surface area contributed by atoms with Gasteiger partial charge in [0.05, 0.1) is 25.2 Å². The van der Waals surface area contributed by atoms with Crippen molar-refractivity contribution in [1.82, 2.24) is 4.90 Å². The van der Waals surface area contributed by atoms with Crippen molar-refractivity contribution in [3.63, 3.8) is 0 Å². The summed E-state index contributed by atoms with van der Waals surface area (Å²) >= 11 is 0. The maximum Gasteiger partial charge on any atom is 0.336 e. The first kappa shape index (κ1) is 25.8. The first-order valence-corrected chi connectivity index (χ1v) is 12.3. The van der Waals surface area contributed by atoms with E-state index in [2.05, 4.69) is 0 Å². The monoisotopic (exact) mass is 530 g/mol. The van der Waals surface area contributed by atoms with Crippen LogP contribution in [0.25, 0.3) is 11.0 Å². The zero-order valence-electron chi connectivity index (χ0n) is 21.6. The maximum atomic E-state index is 13.7. The van der Waals surface area contributed by atoms with Gasteiger partial charge in [0.1, 0.15) is 23.5 Å². The van der Waals surface area contributed by atoms with E-state index in [9.17, 15) is 19.7 Å². The maximum absolute atomic E-state index is 13.7. The summed E-state index contributed by atoms with van der Waals surface area (Å²) in [6, 6.07) is 15.6. The van der Waals surface area contributed by atoms with Crippen LogP contribution >= 0.6 is 0 Å². The summed E-state index contributed by atoms with van der Waals surface area (Å²) in [7, 11) is 3.08. The van der Waals surface area contributed by atoms with Gasteiger partial charge in [0, 0.05) is 30.1 Å². The number of hydrogen-bond donors (Lipinski definition) is 0. The van der Waals surface area contributed by atoms with Crippen LogP contribution < -0.4 is 19.8 Å². The Morgan fingerprint density at radius 2 is 1.82 bits per heavy atom. The Bertz CT molecular complexity index is 1640. The number of benzene rings is 3. The van der Waals surface area contributed by atoms with Crippen molar-refractivity contribution in [3.8, 4) is 17.2 Å². The molecule has 0 radical (unpaired) electrons. The van der Waals surface area contributed by atoms with E-state index < -0.39 is 22.5 Å². The third-order valence-corrected chi connectivity index (χ3v) is 6.93. The molecule has 10 nitrogen and oxygen atoms in total. The predicted octanol–water partition coefficient (Wildman–Crippen LogP) is 4.85. The molecular weight excluding hydrogens is 504 g/mol. The standard InChI is InChI=1S/C29H26N2O8/c1-17-12-28(32)39-25-14-19(8-9-20(17)25)38-16-24-22-15-27(37-3)26(36-2)13-18(22)10-11-30(24)29(33)21-6-4-5-7-23(21)31(34)35/h4-9,12-15,24H,10-11,16H2,1-3H3. The average Bonchev–Trinajstić information content (AvgIpc) is 2.94. The molecule has 0 bridgehead atoms. The van der Waals surface area contributed by atoms with E-state index in [1.165, 1.54) is 31.4 Å². The molecule has 0 N–H and O–H groups in total. The van der Waals surface area contributed by atoms with Crippen LogP contribution in [0.2, 0.25) is 0 Å². The van der Waals surface area contributed by atoms with Gasteiger partial charge in [0.2, 0.25) is 0 Å². The molecule has 0 aliphatic carbocycles. The lowest BCUT2D eigenvalue weighted by molar-refractivity contribution is -0.385. The molecule has 1 atom stereocenters. The number of para-hydroxylation sites is 1. The van der Waals surface area contributed by atoms with Crippen LogP contribution in [0.1, 0.15) is 33.1 Å². The van der Waals surface area contributed by atoms with Gasteiger partial charge in [-0.1, -0.05) is 12.1 Å². The Morgan fingerprint density at radius 1 is 1.08 bits per heavy atom. The molecule has 4 aromatic rings. The fourth-order valence-electron chi connectivity index (χ4n) is 4.99. The minimum Gasteiger partial charge on any atom is -0.493 e. The second-order valence-corrected chi connectivity index (χ2v) is 9.16. The molecule has 0 saturated heterocycles. The smallest absolute Gasteiger partial charge is 0.336 e. The number of nitrogens with zero attached hydrogens (tertiary/aromatic N) is 2. The Kier molecular flexibility index (Phi) is 6.93. The lowest BCUT2D eigenvalue weighted by atomic mass is 9.91. The van der Waals surface area contributed by atoms with Crippen molar-refractivity contribution in [1.29, 1.82) is 0 Å². The van der Waals surface area contributed by atoms with Crippen molar-refractivity contribution in [2.75, 3.05) is 27.4 Å². The summed E-state index contributed by atoms with van der Waals surface area (Å²) in [5, 5.41) is 12.4. The largest absolute Gasteiger partial charge is 0.493 e. The number of carbonyl (C=O) groups is 1. The third kappa shape index (κ3) is 4.88. The van der Waals surface area contributed by atoms with Gasteiger partial charge >= 0.3 is 5.63 Å². The quantitative estimate of drug-likeness (QED) is 0.189. The van der Waals surface area contributed by atoms with E-state index >= 15 is 0 Å². The number of methoxy groups -OCH3 is 2. The molecule has 1 amide bonds. The molecule has 1 aromatic heterocycles. The van der Waals surface area contributed by atoms with Crippen LogP contribution in [-0.2, 0) is 6.42 Å². The lowest BCUT2D eigenvalue weighted by Crippen LogP contribution is -2.42. The second kappa shape index (κ2) is 10.5. The summed E-state index contributed by atoms with van der Waals surface area (Å²) in [5.74, 6) is 1.02. The first-order valence-electron chi connectivity index (χ1n) is 12.3. The molecule has 0 spiro atoms. The zero-order chi connectivity index (χ0) is 27.7. The van der Waals surface area contributed by atoms with Crippen molar-refractivity contribution >= 4 is 22.6 Å². The molecule has 1 aliphatic rings. The number of amides is 1. The van der Waals surface area contributed by atoms with Crippen LogP contribution in [0, 0.1) is 17.0 Å². The van der Waals surface area contributed by atoms with Crippen molar-refractivity contribution < 1.29 is 28.3 Å². The topological polar surface area (TPSA) is 121 Å². The van der Waals surface area contributed by atoms with E-state index in [4.69, 9.17) is 18.6 Å². The number of hydrogen-bond acceptors (Lipinski definition) is 8. The number of rotatable bonds is 7. The first-order chi connectivity index (χ1) is 18.8. The molecule has 1 aliphatic heterocycles. The van der Waals surface area contributed by atoms with Gasteiger partial charge < -0.3 is 23.5 Å². The minimum atomic E-state index is -0.596. The number of aryl methyl sites for hydroxylation is 1. The summed E-state index contributed by atoms with van der Waals surface area (Å²) in [6.45, 7) is 2.18. The van der Waals surface area contributed by atoms with Crippen LogP contribution in [-0.4, -0.2) is 43.1 Å². The number of ether oxygens (including phenoxy) is 3. The van der Waals surface area contributed by atoms with E-state index in [-0.39, 0.29) is 17.9 Å². The average molecular weight is 531 g/mol. The van der Waals surface area contributed by atoms with Crippen molar-refractivity contribution in [3.05, 3.63) is 103 Å². The Hall–Kier alpha value is -4.86. The molecule has 2 heterocycles. The Balaban J connectivity index is 1.54. The summed E-state index contributed by atoms with van der Waals surface area (Å²) in [4.78, 5) is 38.3. The number of fused-ring (bicyclic) bond motifs is 2. The summed E-state index contributed by atoms with van der Waals surface area (Å²) < 4.78 is 22.5. The molecule has 5 rings (SSSR count). The highest BCUT2D eigenvalue weighted by molar-refractivity contribution is 5.98. The van der Waals surface area contributed by atoms with Gasteiger partial charge in [-0.05, 0) is 60.4 Å². The molecule has 39 heavy (non-hydrogen) atoms. The zero-order valence-corrected chi connectivity index (χ0v) is 21.6. The lowest BCUT2D eigenvalue weighted by Gasteiger charge is -2.37. The molecule has 3 aromatic carbocycles. The Morgan fingerprint density at radius 3 is 2.56 bits per heavy atom. The highest BCUT2D eigenvalue weighted by Crippen LogP contribution is 2.39. The van der Waals surface area contributed by atoms with Gasteiger partial charge in [-0.2, -0.15) is 0 Å². The van der Waals surface area contributed by atoms with Crippen LogP contribution in [0.5, 0.6) is 17.2 Å². The SMILES string of the molecule is COc1cc2c(cc1OC)C(COc1ccc3c(C)cc(=O)oc3c1)N(C(=O)c1ccccc1[N+](=O)[O-])CC2. The van der Waals surface area contributed by atoms with Gasteiger partial charge in [-0.3, -0.25) is 14.9 Å². The van der Waals surface area contributed by atoms with Crippen LogP contribution in [0.4, 0.5) is 5.69 Å². The van der Waals surface area contributed by atoms with E-state index in [1.54, 1.807) is 30.2 Å². The molecule has 10 heteroatoms. The molecule has 0 saturated carbocycles. The fraction of sp³-hybridized carbons (Fsp3) is 0.241. The number of nitro benzene ring substituents is 1.